The summed E-state index contributed by atoms with van der Waals surface area (Å²) in [5.41, 5.74) is 5.35. The number of methoxy groups -OCH3 is 2. The van der Waals surface area contributed by atoms with E-state index in [-0.39, 0.29) is 17.5 Å². The minimum Gasteiger partial charge on any atom is -0.495 e. The molecule has 1 aliphatic carbocycles. The number of nitrogens with zero attached hydrogens (tertiary/aromatic N) is 4. The lowest BCUT2D eigenvalue weighted by atomic mass is 9.87. The third-order valence-electron chi connectivity index (χ3n) is 8.11. The molecule has 0 atom stereocenters. The molecule has 2 N–H and O–H groups in total. The topological polar surface area (TPSA) is 111 Å². The number of amides is 1. The summed E-state index contributed by atoms with van der Waals surface area (Å²) in [5.74, 6) is 1.04. The van der Waals surface area contributed by atoms with Gasteiger partial charge in [0.05, 0.1) is 37.2 Å². The fourth-order valence-electron chi connectivity index (χ4n) is 5.68. The molecular formula is C30H38N6O4. The van der Waals surface area contributed by atoms with Gasteiger partial charge in [0.1, 0.15) is 11.3 Å². The summed E-state index contributed by atoms with van der Waals surface area (Å²) in [4.78, 5) is 37.8. The van der Waals surface area contributed by atoms with Gasteiger partial charge in [-0.25, -0.2) is 9.97 Å². The van der Waals surface area contributed by atoms with Crippen LogP contribution in [0.2, 0.25) is 0 Å². The summed E-state index contributed by atoms with van der Waals surface area (Å²) in [6.45, 7) is 4.07. The number of piperidine rings is 1. The number of nitrogens with one attached hydrogen (secondary N) is 2. The fraction of sp³-hybridized carbons (Fsp3) is 0.467. The Balaban J connectivity index is 1.48. The third kappa shape index (κ3) is 5.40. The fourth-order valence-corrected chi connectivity index (χ4v) is 5.68. The number of fused-ring (bicyclic) bond motifs is 1. The van der Waals surface area contributed by atoms with Crippen LogP contribution in [0.1, 0.15) is 61.4 Å². The first kappa shape index (κ1) is 27.6. The lowest BCUT2D eigenvalue weighted by molar-refractivity contribution is 0.0916. The maximum absolute atomic E-state index is 13.2. The van der Waals surface area contributed by atoms with E-state index in [9.17, 15) is 9.59 Å². The number of aryl methyl sites for hydroxylation is 1. The van der Waals surface area contributed by atoms with Gasteiger partial charge in [0.2, 0.25) is 5.95 Å². The van der Waals surface area contributed by atoms with Crippen molar-refractivity contribution in [2.45, 2.75) is 51.5 Å². The zero-order valence-electron chi connectivity index (χ0n) is 24.0. The maximum Gasteiger partial charge on any atom is 0.293 e. The van der Waals surface area contributed by atoms with Crippen LogP contribution in [-0.2, 0) is 7.05 Å². The van der Waals surface area contributed by atoms with Gasteiger partial charge < -0.3 is 29.6 Å². The summed E-state index contributed by atoms with van der Waals surface area (Å²) in [7, 11) is 6.90. The molecule has 1 fully saturated rings. The van der Waals surface area contributed by atoms with Gasteiger partial charge in [-0.15, -0.1) is 0 Å². The van der Waals surface area contributed by atoms with Gasteiger partial charge in [-0.1, -0.05) is 5.57 Å². The number of anilines is 2. The number of pyridine rings is 1. The van der Waals surface area contributed by atoms with Crippen molar-refractivity contribution in [3.05, 3.63) is 51.4 Å². The number of allylic oxidation sites excluding steroid dienone is 2. The van der Waals surface area contributed by atoms with Crippen LogP contribution >= 0.6 is 0 Å². The highest BCUT2D eigenvalue weighted by molar-refractivity contribution is 5.96. The Morgan fingerprint density at radius 3 is 2.52 bits per heavy atom. The molecule has 10 nitrogen and oxygen atoms in total. The van der Waals surface area contributed by atoms with E-state index in [4.69, 9.17) is 14.5 Å². The van der Waals surface area contributed by atoms with Crippen molar-refractivity contribution in [2.24, 2.45) is 7.05 Å². The lowest BCUT2D eigenvalue weighted by Crippen LogP contribution is -2.43. The molecule has 3 heterocycles. The summed E-state index contributed by atoms with van der Waals surface area (Å²) in [5, 5.41) is 6.40. The molecule has 1 aliphatic heterocycles. The van der Waals surface area contributed by atoms with E-state index in [1.165, 1.54) is 17.3 Å². The van der Waals surface area contributed by atoms with Gasteiger partial charge in [-0.3, -0.25) is 9.59 Å². The number of aromatic nitrogens is 3. The minimum absolute atomic E-state index is 0.116. The van der Waals surface area contributed by atoms with Gasteiger partial charge in [0.25, 0.3) is 11.5 Å². The SMILES string of the molecule is COc1cc(C(=O)NC2CCN(C)CC2)ccc1Nc1ncc2c(n1)c(C1=C(C)CCCC1)c(OC)c(=O)n2C. The molecule has 3 aromatic rings. The highest BCUT2D eigenvalue weighted by Gasteiger charge is 2.24. The second-order valence-electron chi connectivity index (χ2n) is 10.8. The quantitative estimate of drug-likeness (QED) is 0.452. The molecule has 0 unspecified atom stereocenters. The first-order chi connectivity index (χ1) is 19.3. The molecule has 5 rings (SSSR count). The Hall–Kier alpha value is -3.92. The Kier molecular flexibility index (Phi) is 8.07. The van der Waals surface area contributed by atoms with Crippen LogP contribution in [0.5, 0.6) is 11.5 Å². The van der Waals surface area contributed by atoms with Gasteiger partial charge in [0.15, 0.2) is 5.75 Å². The third-order valence-corrected chi connectivity index (χ3v) is 8.11. The van der Waals surface area contributed by atoms with E-state index in [1.54, 1.807) is 38.6 Å². The lowest BCUT2D eigenvalue weighted by Gasteiger charge is -2.29. The van der Waals surface area contributed by atoms with Gasteiger partial charge in [0, 0.05) is 18.7 Å². The van der Waals surface area contributed by atoms with Gasteiger partial charge in [-0.2, -0.15) is 0 Å². The summed E-state index contributed by atoms with van der Waals surface area (Å²) in [6, 6.07) is 5.46. The standard InChI is InChI=1S/C30H38N6O4/c1-18-8-6-7-9-21(18)25-26-23(36(3)29(38)27(25)40-5)17-31-30(34-26)33-22-11-10-19(16-24(22)39-4)28(37)32-20-12-14-35(2)15-13-20/h10-11,16-17,20H,6-9,12-15H2,1-5H3,(H,32,37)(H,31,33,34). The number of carbonyl (C=O) groups excluding carboxylic acids is 1. The van der Waals surface area contributed by atoms with Gasteiger partial charge in [-0.05, 0) is 89.4 Å². The van der Waals surface area contributed by atoms with E-state index in [1.807, 2.05) is 0 Å². The molecule has 40 heavy (non-hydrogen) atoms. The Morgan fingerprint density at radius 1 is 1.07 bits per heavy atom. The second kappa shape index (κ2) is 11.7. The van der Waals surface area contributed by atoms with Crippen molar-refractivity contribution >= 4 is 34.1 Å². The van der Waals surface area contributed by atoms with Crippen molar-refractivity contribution < 1.29 is 14.3 Å². The number of benzene rings is 1. The normalized spacial score (nSPS) is 16.7. The second-order valence-corrected chi connectivity index (χ2v) is 10.8. The van der Waals surface area contributed by atoms with Crippen molar-refractivity contribution in [1.82, 2.24) is 24.8 Å². The largest absolute Gasteiger partial charge is 0.495 e. The monoisotopic (exact) mass is 546 g/mol. The zero-order valence-corrected chi connectivity index (χ0v) is 24.0. The van der Waals surface area contributed by atoms with E-state index >= 15 is 0 Å². The molecule has 0 radical (unpaired) electrons. The average molecular weight is 547 g/mol. The van der Waals surface area contributed by atoms with Crippen LogP contribution in [0, 0.1) is 0 Å². The van der Waals surface area contributed by atoms with Crippen molar-refractivity contribution in [1.29, 1.82) is 0 Å². The smallest absolute Gasteiger partial charge is 0.293 e. The van der Waals surface area contributed by atoms with Crippen LogP contribution in [0.4, 0.5) is 11.6 Å². The molecular weight excluding hydrogens is 508 g/mol. The molecule has 10 heteroatoms. The number of hydrogen-bond donors (Lipinski definition) is 2. The predicted octanol–water partition coefficient (Wildman–Crippen LogP) is 4.26. The number of ether oxygens (including phenoxy) is 2. The van der Waals surface area contributed by atoms with Gasteiger partial charge >= 0.3 is 0 Å². The van der Waals surface area contributed by atoms with E-state index in [0.29, 0.717) is 39.7 Å². The summed E-state index contributed by atoms with van der Waals surface area (Å²) >= 11 is 0. The molecule has 0 spiro atoms. The van der Waals surface area contributed by atoms with E-state index in [2.05, 4.69) is 34.5 Å². The molecule has 0 bridgehead atoms. The molecule has 212 valence electrons. The van der Waals surface area contributed by atoms with Crippen LogP contribution in [-0.4, -0.2) is 65.7 Å². The van der Waals surface area contributed by atoms with Crippen LogP contribution < -0.4 is 25.7 Å². The number of carbonyl (C=O) groups is 1. The molecule has 1 aromatic carbocycles. The van der Waals surface area contributed by atoms with Crippen LogP contribution in [0.15, 0.2) is 34.8 Å². The van der Waals surface area contributed by atoms with Crippen molar-refractivity contribution in [3.8, 4) is 11.5 Å². The highest BCUT2D eigenvalue weighted by Crippen LogP contribution is 2.39. The van der Waals surface area contributed by atoms with Crippen molar-refractivity contribution in [2.75, 3.05) is 39.7 Å². The average Bonchev–Trinajstić information content (AvgIpc) is 2.96. The van der Waals surface area contributed by atoms with Crippen LogP contribution in [0.25, 0.3) is 16.6 Å². The number of rotatable bonds is 7. The first-order valence-corrected chi connectivity index (χ1v) is 13.9. The van der Waals surface area contributed by atoms with E-state index < -0.39 is 0 Å². The molecule has 1 amide bonds. The Morgan fingerprint density at radius 2 is 1.82 bits per heavy atom. The zero-order chi connectivity index (χ0) is 28.4. The minimum atomic E-state index is -0.212. The molecule has 2 aliphatic rings. The molecule has 2 aromatic heterocycles. The first-order valence-electron chi connectivity index (χ1n) is 13.9. The van der Waals surface area contributed by atoms with E-state index in [0.717, 1.165) is 62.8 Å². The number of hydrogen-bond acceptors (Lipinski definition) is 8. The highest BCUT2D eigenvalue weighted by atomic mass is 16.5. The molecule has 0 saturated carbocycles. The van der Waals surface area contributed by atoms with Crippen LogP contribution in [0.3, 0.4) is 0 Å². The number of likely N-dealkylation sites (tertiary alicyclic amines) is 1. The Labute approximate surface area is 234 Å². The Bertz CT molecular complexity index is 1520. The molecule has 1 saturated heterocycles. The summed E-state index contributed by atoms with van der Waals surface area (Å²) < 4.78 is 12.8. The summed E-state index contributed by atoms with van der Waals surface area (Å²) in [6.07, 6.45) is 7.57. The maximum atomic E-state index is 13.2. The van der Waals surface area contributed by atoms with Crippen molar-refractivity contribution in [3.63, 3.8) is 0 Å². The predicted molar refractivity (Wildman–Crippen MR) is 157 cm³/mol.